The summed E-state index contributed by atoms with van der Waals surface area (Å²) in [5.41, 5.74) is -0.840. The molecule has 0 radical (unpaired) electrons. The standard InChI is InChI=1S/C17H23NO3/c19-16(21-15-10-11-18-12-15)17(20,14-8-4-5-9-14)13-6-2-1-3-7-13/h1-3,6-7,14-15,18,20H,4-5,8-12H2. The van der Waals surface area contributed by atoms with Crippen molar-refractivity contribution in [1.29, 1.82) is 0 Å². The maximum atomic E-state index is 12.7. The molecule has 2 unspecified atom stereocenters. The smallest absolute Gasteiger partial charge is 0.343 e. The van der Waals surface area contributed by atoms with E-state index in [0.29, 0.717) is 12.1 Å². The summed E-state index contributed by atoms with van der Waals surface area (Å²) in [6, 6.07) is 9.27. The van der Waals surface area contributed by atoms with Crippen LogP contribution in [0.3, 0.4) is 0 Å². The molecule has 0 spiro atoms. The van der Waals surface area contributed by atoms with E-state index in [9.17, 15) is 9.90 Å². The molecule has 4 heteroatoms. The van der Waals surface area contributed by atoms with Crippen molar-refractivity contribution in [3.63, 3.8) is 0 Å². The maximum Gasteiger partial charge on any atom is 0.343 e. The van der Waals surface area contributed by atoms with Gasteiger partial charge in [-0.3, -0.25) is 0 Å². The van der Waals surface area contributed by atoms with Gasteiger partial charge in [0.05, 0.1) is 0 Å². The number of aliphatic hydroxyl groups is 1. The van der Waals surface area contributed by atoms with Gasteiger partial charge in [-0.1, -0.05) is 43.2 Å². The number of carbonyl (C=O) groups is 1. The number of hydrogen-bond acceptors (Lipinski definition) is 4. The van der Waals surface area contributed by atoms with Gasteiger partial charge in [0.1, 0.15) is 6.10 Å². The van der Waals surface area contributed by atoms with Gasteiger partial charge in [-0.2, -0.15) is 0 Å². The second kappa shape index (κ2) is 6.16. The highest BCUT2D eigenvalue weighted by Crippen LogP contribution is 2.41. The Balaban J connectivity index is 1.86. The van der Waals surface area contributed by atoms with E-state index in [2.05, 4.69) is 5.32 Å². The van der Waals surface area contributed by atoms with Gasteiger partial charge in [0.15, 0.2) is 5.60 Å². The van der Waals surface area contributed by atoms with Crippen LogP contribution in [0.15, 0.2) is 30.3 Å². The summed E-state index contributed by atoms with van der Waals surface area (Å²) in [5, 5.41) is 14.4. The van der Waals surface area contributed by atoms with Gasteiger partial charge in [-0.25, -0.2) is 4.79 Å². The molecule has 2 atom stereocenters. The summed E-state index contributed by atoms with van der Waals surface area (Å²) >= 11 is 0. The monoisotopic (exact) mass is 289 g/mol. The minimum absolute atomic E-state index is 0.0400. The van der Waals surface area contributed by atoms with Gasteiger partial charge in [0.2, 0.25) is 0 Å². The van der Waals surface area contributed by atoms with E-state index in [1.807, 2.05) is 30.3 Å². The van der Waals surface area contributed by atoms with Crippen LogP contribution in [0.5, 0.6) is 0 Å². The maximum absolute atomic E-state index is 12.7. The van der Waals surface area contributed by atoms with E-state index >= 15 is 0 Å². The molecule has 1 saturated carbocycles. The molecule has 1 aliphatic heterocycles. The zero-order chi connectivity index (χ0) is 14.7. The normalized spacial score (nSPS) is 25.7. The summed E-state index contributed by atoms with van der Waals surface area (Å²) in [5.74, 6) is -0.518. The van der Waals surface area contributed by atoms with Crippen molar-refractivity contribution >= 4 is 5.97 Å². The van der Waals surface area contributed by atoms with Gasteiger partial charge in [0.25, 0.3) is 0 Å². The fourth-order valence-electron chi connectivity index (χ4n) is 3.53. The predicted octanol–water partition coefficient (Wildman–Crippen LogP) is 1.97. The number of ether oxygens (including phenoxy) is 1. The van der Waals surface area contributed by atoms with Crippen LogP contribution >= 0.6 is 0 Å². The molecule has 2 fully saturated rings. The lowest BCUT2D eigenvalue weighted by molar-refractivity contribution is -0.178. The molecule has 1 heterocycles. The quantitative estimate of drug-likeness (QED) is 0.832. The minimum Gasteiger partial charge on any atom is -0.459 e. The summed E-state index contributed by atoms with van der Waals surface area (Å²) in [6.07, 6.45) is 4.60. The third kappa shape index (κ3) is 2.83. The van der Waals surface area contributed by atoms with E-state index in [0.717, 1.165) is 38.6 Å². The lowest BCUT2D eigenvalue weighted by Crippen LogP contribution is -2.45. The molecule has 0 bridgehead atoms. The highest BCUT2D eigenvalue weighted by Gasteiger charge is 2.48. The largest absolute Gasteiger partial charge is 0.459 e. The average Bonchev–Trinajstić information content (AvgIpc) is 3.20. The van der Waals surface area contributed by atoms with Crippen molar-refractivity contribution in [2.75, 3.05) is 13.1 Å². The molecule has 1 saturated heterocycles. The van der Waals surface area contributed by atoms with Gasteiger partial charge in [0, 0.05) is 12.5 Å². The molecule has 2 N–H and O–H groups in total. The summed E-state index contributed by atoms with van der Waals surface area (Å²) in [7, 11) is 0. The molecule has 1 aromatic carbocycles. The first kappa shape index (κ1) is 14.5. The van der Waals surface area contributed by atoms with Crippen molar-refractivity contribution in [1.82, 2.24) is 5.32 Å². The first-order valence-corrected chi connectivity index (χ1v) is 7.91. The fourth-order valence-corrected chi connectivity index (χ4v) is 3.53. The van der Waals surface area contributed by atoms with Crippen molar-refractivity contribution in [2.24, 2.45) is 5.92 Å². The fraction of sp³-hybridized carbons (Fsp3) is 0.588. The third-order valence-corrected chi connectivity index (χ3v) is 4.76. The van der Waals surface area contributed by atoms with E-state index in [1.54, 1.807) is 0 Å². The number of hydrogen-bond donors (Lipinski definition) is 2. The second-order valence-electron chi connectivity index (χ2n) is 6.13. The number of benzene rings is 1. The summed E-state index contributed by atoms with van der Waals surface area (Å²) in [6.45, 7) is 1.55. The molecular weight excluding hydrogens is 266 g/mol. The van der Waals surface area contributed by atoms with Crippen LogP contribution in [0.25, 0.3) is 0 Å². The highest BCUT2D eigenvalue weighted by molar-refractivity contribution is 5.81. The van der Waals surface area contributed by atoms with Gasteiger partial charge in [-0.05, 0) is 31.4 Å². The number of nitrogens with one attached hydrogen (secondary N) is 1. The van der Waals surface area contributed by atoms with Crippen molar-refractivity contribution < 1.29 is 14.6 Å². The highest BCUT2D eigenvalue weighted by atomic mass is 16.6. The van der Waals surface area contributed by atoms with Gasteiger partial charge in [-0.15, -0.1) is 0 Å². The molecule has 3 rings (SSSR count). The Labute approximate surface area is 125 Å². The van der Waals surface area contributed by atoms with Crippen LogP contribution in [-0.2, 0) is 15.1 Å². The van der Waals surface area contributed by atoms with Crippen molar-refractivity contribution in [3.05, 3.63) is 35.9 Å². The SMILES string of the molecule is O=C(OC1CCNC1)C(O)(c1ccccc1)C1CCCC1. The minimum atomic E-state index is -1.50. The molecule has 2 aliphatic rings. The van der Waals surface area contributed by atoms with Gasteiger partial charge >= 0.3 is 5.97 Å². The Bertz CT molecular complexity index is 478. The molecule has 1 aromatic rings. The average molecular weight is 289 g/mol. The lowest BCUT2D eigenvalue weighted by Gasteiger charge is -2.33. The first-order chi connectivity index (χ1) is 10.2. The van der Waals surface area contributed by atoms with Crippen molar-refractivity contribution in [2.45, 2.75) is 43.8 Å². The van der Waals surface area contributed by atoms with Crippen molar-refractivity contribution in [3.8, 4) is 0 Å². The topological polar surface area (TPSA) is 58.6 Å². The van der Waals surface area contributed by atoms with E-state index in [1.165, 1.54) is 0 Å². The molecule has 1 aliphatic carbocycles. The Hall–Kier alpha value is -1.39. The predicted molar refractivity (Wildman–Crippen MR) is 79.7 cm³/mol. The Kier molecular flexibility index (Phi) is 4.27. The lowest BCUT2D eigenvalue weighted by atomic mass is 9.80. The van der Waals surface area contributed by atoms with E-state index in [-0.39, 0.29) is 12.0 Å². The second-order valence-corrected chi connectivity index (χ2v) is 6.13. The van der Waals surface area contributed by atoms with Gasteiger partial charge < -0.3 is 15.2 Å². The number of esters is 1. The number of rotatable bonds is 4. The van der Waals surface area contributed by atoms with E-state index < -0.39 is 11.6 Å². The zero-order valence-corrected chi connectivity index (χ0v) is 12.3. The Morgan fingerprint density at radius 3 is 2.52 bits per heavy atom. The Morgan fingerprint density at radius 2 is 1.90 bits per heavy atom. The summed E-state index contributed by atoms with van der Waals surface area (Å²) < 4.78 is 5.59. The molecule has 21 heavy (non-hydrogen) atoms. The van der Waals surface area contributed by atoms with Crippen LogP contribution in [0, 0.1) is 5.92 Å². The summed E-state index contributed by atoms with van der Waals surface area (Å²) in [4.78, 5) is 12.7. The van der Waals surface area contributed by atoms with Crippen LogP contribution in [0.1, 0.15) is 37.7 Å². The van der Waals surface area contributed by atoms with Crippen LogP contribution in [0.4, 0.5) is 0 Å². The van der Waals surface area contributed by atoms with Crippen LogP contribution < -0.4 is 5.32 Å². The molecule has 0 aromatic heterocycles. The van der Waals surface area contributed by atoms with E-state index in [4.69, 9.17) is 4.74 Å². The first-order valence-electron chi connectivity index (χ1n) is 7.91. The Morgan fingerprint density at radius 1 is 1.19 bits per heavy atom. The molecule has 4 nitrogen and oxygen atoms in total. The molecule has 0 amide bonds. The zero-order valence-electron chi connectivity index (χ0n) is 12.3. The third-order valence-electron chi connectivity index (χ3n) is 4.76. The molecular formula is C17H23NO3. The number of carbonyl (C=O) groups excluding carboxylic acids is 1. The van der Waals surface area contributed by atoms with Crippen LogP contribution in [-0.4, -0.2) is 30.3 Å². The van der Waals surface area contributed by atoms with Crippen LogP contribution in [0.2, 0.25) is 0 Å². The molecule has 114 valence electrons.